The van der Waals surface area contributed by atoms with Crippen LogP contribution in [0, 0.1) is 12.7 Å². The van der Waals surface area contributed by atoms with Crippen molar-refractivity contribution in [2.45, 2.75) is 31.9 Å². The van der Waals surface area contributed by atoms with Crippen LogP contribution in [0.15, 0.2) is 34.9 Å². The molecule has 1 aromatic carbocycles. The topological polar surface area (TPSA) is 103 Å². The number of fused-ring (bicyclic) bond motifs is 1. The minimum atomic E-state index is -0.813. The maximum atomic E-state index is 15.5. The maximum Gasteiger partial charge on any atom is 0.256 e. The van der Waals surface area contributed by atoms with Crippen molar-refractivity contribution in [2.24, 2.45) is 0 Å². The summed E-state index contributed by atoms with van der Waals surface area (Å²) in [5, 5.41) is 12.8. The molecule has 1 aliphatic rings. The average molecular weight is 444 g/mol. The molecule has 0 saturated carbocycles. The molecule has 1 amide bonds. The molecule has 1 fully saturated rings. The van der Waals surface area contributed by atoms with Crippen LogP contribution in [-0.2, 0) is 11.3 Å². The third kappa shape index (κ3) is 4.13. The van der Waals surface area contributed by atoms with Crippen LogP contribution < -0.4 is 14.8 Å². The Kier molecular flexibility index (Phi) is 6.29. The number of amides is 1. The highest BCUT2D eigenvalue weighted by Crippen LogP contribution is 2.34. The molecule has 170 valence electrons. The Hall–Kier alpha value is -3.17. The van der Waals surface area contributed by atoms with Gasteiger partial charge in [0.2, 0.25) is 5.88 Å². The first-order chi connectivity index (χ1) is 15.5. The molecule has 8 nitrogen and oxygen atoms in total. The largest absolute Gasteiger partial charge is 0.486 e. The molecule has 0 atom stereocenters. The Morgan fingerprint density at radius 3 is 2.81 bits per heavy atom. The summed E-state index contributed by atoms with van der Waals surface area (Å²) in [6.45, 7) is 2.25. The number of aryl methyl sites for hydroxylation is 1. The van der Waals surface area contributed by atoms with E-state index >= 15 is 4.39 Å². The zero-order chi connectivity index (χ0) is 22.7. The van der Waals surface area contributed by atoms with Gasteiger partial charge in [0, 0.05) is 19.4 Å². The lowest BCUT2D eigenvalue weighted by Gasteiger charge is -2.36. The van der Waals surface area contributed by atoms with Crippen LogP contribution in [0.1, 0.15) is 34.5 Å². The highest BCUT2D eigenvalue weighted by Gasteiger charge is 2.35. The average Bonchev–Trinajstić information content (AvgIpc) is 3.16. The molecule has 0 unspecified atom stereocenters. The van der Waals surface area contributed by atoms with Gasteiger partial charge in [0.1, 0.15) is 18.0 Å². The Bertz CT molecular complexity index is 1120. The van der Waals surface area contributed by atoms with Gasteiger partial charge >= 0.3 is 0 Å². The number of benzene rings is 1. The summed E-state index contributed by atoms with van der Waals surface area (Å²) in [6.07, 6.45) is 2.52. The summed E-state index contributed by atoms with van der Waals surface area (Å²) >= 11 is 0. The Labute approximate surface area is 184 Å². The van der Waals surface area contributed by atoms with Crippen LogP contribution in [-0.4, -0.2) is 48.5 Å². The molecule has 0 radical (unpaired) electrons. The Morgan fingerprint density at radius 2 is 2.09 bits per heavy atom. The number of carbonyl (C=O) groups is 1. The minimum Gasteiger partial charge on any atom is -0.486 e. The number of hydrogen-bond donors (Lipinski definition) is 2. The molecule has 2 N–H and O–H groups in total. The standard InChI is InChI=1S/C23H25FN2O6/c1-14-18(21(28)26-23(13-27)7-10-30-11-8-23)19-16(32-14)5-6-17(20(19)24)31-12-15-4-3-9-25-22(15)29-2/h3-6,9,27H,7-8,10-13H2,1-2H3,(H,26,28). The lowest BCUT2D eigenvalue weighted by molar-refractivity contribution is 0.0125. The second-order valence-electron chi connectivity index (χ2n) is 7.75. The van der Waals surface area contributed by atoms with Crippen molar-refractivity contribution < 1.29 is 32.9 Å². The Balaban J connectivity index is 1.64. The highest BCUT2D eigenvalue weighted by atomic mass is 19.1. The van der Waals surface area contributed by atoms with Crippen molar-refractivity contribution >= 4 is 16.9 Å². The number of pyridine rings is 1. The first-order valence-electron chi connectivity index (χ1n) is 10.3. The number of aromatic nitrogens is 1. The fraction of sp³-hybridized carbons (Fsp3) is 0.391. The predicted octanol–water partition coefficient (Wildman–Crippen LogP) is 3.13. The predicted molar refractivity (Wildman–Crippen MR) is 113 cm³/mol. The third-order valence-electron chi connectivity index (χ3n) is 5.72. The van der Waals surface area contributed by atoms with E-state index in [1.807, 2.05) is 0 Å². The number of nitrogens with zero attached hydrogens (tertiary/aromatic N) is 1. The van der Waals surface area contributed by atoms with Gasteiger partial charge in [-0.1, -0.05) is 0 Å². The molecule has 32 heavy (non-hydrogen) atoms. The molecule has 3 aromatic rings. The van der Waals surface area contributed by atoms with Gasteiger partial charge in [-0.05, 0) is 44.0 Å². The molecule has 0 bridgehead atoms. The molecule has 3 heterocycles. The number of aliphatic hydroxyl groups is 1. The SMILES string of the molecule is COc1ncccc1COc1ccc2oc(C)c(C(=O)NC3(CO)CCOCC3)c2c1F. The van der Waals surface area contributed by atoms with Crippen molar-refractivity contribution in [2.75, 3.05) is 26.9 Å². The van der Waals surface area contributed by atoms with Crippen LogP contribution >= 0.6 is 0 Å². The molecule has 1 aliphatic heterocycles. The quantitative estimate of drug-likeness (QED) is 0.577. The van der Waals surface area contributed by atoms with Gasteiger partial charge in [0.25, 0.3) is 5.91 Å². The molecular formula is C23H25FN2O6. The van der Waals surface area contributed by atoms with E-state index in [1.165, 1.54) is 13.2 Å². The second-order valence-corrected chi connectivity index (χ2v) is 7.75. The van der Waals surface area contributed by atoms with Gasteiger partial charge in [-0.2, -0.15) is 0 Å². The summed E-state index contributed by atoms with van der Waals surface area (Å²) in [5.41, 5.74) is 0.162. The summed E-state index contributed by atoms with van der Waals surface area (Å²) in [5.74, 6) is -0.567. The number of rotatable bonds is 7. The summed E-state index contributed by atoms with van der Waals surface area (Å²) in [7, 11) is 1.50. The minimum absolute atomic E-state index is 0.0267. The summed E-state index contributed by atoms with van der Waals surface area (Å²) in [6, 6.07) is 6.52. The normalized spacial score (nSPS) is 15.5. The van der Waals surface area contributed by atoms with Gasteiger partial charge in [0.05, 0.1) is 35.8 Å². The van der Waals surface area contributed by atoms with Crippen molar-refractivity contribution in [3.63, 3.8) is 0 Å². The van der Waals surface area contributed by atoms with E-state index in [1.54, 1.807) is 31.3 Å². The van der Waals surface area contributed by atoms with Gasteiger partial charge in [-0.25, -0.2) is 9.37 Å². The fourth-order valence-electron chi connectivity index (χ4n) is 3.90. The van der Waals surface area contributed by atoms with Crippen LogP contribution in [0.5, 0.6) is 11.6 Å². The van der Waals surface area contributed by atoms with E-state index in [9.17, 15) is 9.90 Å². The molecule has 2 aromatic heterocycles. The number of hydrogen-bond acceptors (Lipinski definition) is 7. The number of nitrogens with one attached hydrogen (secondary N) is 1. The van der Waals surface area contributed by atoms with Crippen molar-refractivity contribution in [3.8, 4) is 11.6 Å². The number of carbonyl (C=O) groups excluding carboxylic acids is 1. The van der Waals surface area contributed by atoms with E-state index in [-0.39, 0.29) is 41.3 Å². The number of aliphatic hydroxyl groups excluding tert-OH is 1. The first kappa shape index (κ1) is 22.0. The molecule has 0 aliphatic carbocycles. The van der Waals surface area contributed by atoms with Crippen LogP contribution in [0.4, 0.5) is 4.39 Å². The number of halogens is 1. The summed E-state index contributed by atoms with van der Waals surface area (Å²) in [4.78, 5) is 17.2. The van der Waals surface area contributed by atoms with Gasteiger partial charge in [-0.15, -0.1) is 0 Å². The first-order valence-corrected chi connectivity index (χ1v) is 10.3. The lowest BCUT2D eigenvalue weighted by atomic mass is 9.90. The van der Waals surface area contributed by atoms with E-state index in [0.717, 1.165) is 0 Å². The van der Waals surface area contributed by atoms with E-state index in [4.69, 9.17) is 18.6 Å². The highest BCUT2D eigenvalue weighted by molar-refractivity contribution is 6.08. The van der Waals surface area contributed by atoms with Crippen LogP contribution in [0.25, 0.3) is 11.0 Å². The molecule has 4 rings (SSSR count). The van der Waals surface area contributed by atoms with Gasteiger partial charge < -0.3 is 29.1 Å². The number of methoxy groups -OCH3 is 1. The fourth-order valence-corrected chi connectivity index (χ4v) is 3.90. The van der Waals surface area contributed by atoms with E-state index in [2.05, 4.69) is 10.3 Å². The molecule has 9 heteroatoms. The molecule has 1 saturated heterocycles. The Morgan fingerprint density at radius 1 is 1.31 bits per heavy atom. The zero-order valence-electron chi connectivity index (χ0n) is 17.9. The maximum absolute atomic E-state index is 15.5. The second kappa shape index (κ2) is 9.13. The van der Waals surface area contributed by atoms with E-state index < -0.39 is 17.3 Å². The van der Waals surface area contributed by atoms with Crippen molar-refractivity contribution in [1.29, 1.82) is 0 Å². The number of furan rings is 1. The van der Waals surface area contributed by atoms with Gasteiger partial charge in [0.15, 0.2) is 11.6 Å². The van der Waals surface area contributed by atoms with Crippen LogP contribution in [0.2, 0.25) is 0 Å². The van der Waals surface area contributed by atoms with E-state index in [0.29, 0.717) is 37.5 Å². The summed E-state index contributed by atoms with van der Waals surface area (Å²) < 4.78 is 37.3. The smallest absolute Gasteiger partial charge is 0.256 e. The third-order valence-corrected chi connectivity index (χ3v) is 5.72. The van der Waals surface area contributed by atoms with Gasteiger partial charge in [-0.3, -0.25) is 4.79 Å². The van der Waals surface area contributed by atoms with Crippen LogP contribution in [0.3, 0.4) is 0 Å². The number of ether oxygens (including phenoxy) is 3. The van der Waals surface area contributed by atoms with Crippen molar-refractivity contribution in [1.82, 2.24) is 10.3 Å². The monoisotopic (exact) mass is 444 g/mol. The zero-order valence-corrected chi connectivity index (χ0v) is 17.9. The van der Waals surface area contributed by atoms with Crippen molar-refractivity contribution in [3.05, 3.63) is 53.2 Å². The molecule has 0 spiro atoms. The molecular weight excluding hydrogens is 419 g/mol. The lowest BCUT2D eigenvalue weighted by Crippen LogP contribution is -2.54.